The first-order chi connectivity index (χ1) is 10.8. The highest BCUT2D eigenvalue weighted by Crippen LogP contribution is 2.19. The summed E-state index contributed by atoms with van der Waals surface area (Å²) >= 11 is 1.64. The molecule has 0 unspecified atom stereocenters. The van der Waals surface area contributed by atoms with Gasteiger partial charge in [-0.05, 0) is 30.0 Å². The predicted molar refractivity (Wildman–Crippen MR) is 89.0 cm³/mol. The number of anilines is 1. The lowest BCUT2D eigenvalue weighted by molar-refractivity contribution is 0.0987. The Hall–Kier alpha value is -2.32. The van der Waals surface area contributed by atoms with Crippen LogP contribution in [0.1, 0.15) is 23.7 Å². The van der Waals surface area contributed by atoms with Crippen molar-refractivity contribution in [3.05, 3.63) is 54.2 Å². The SMILES string of the molecule is CCSc1ccc(C(=O)N(CCC#N)c2ccccc2)cn1. The number of rotatable bonds is 6. The van der Waals surface area contributed by atoms with E-state index in [0.717, 1.165) is 16.5 Å². The number of amides is 1. The quantitative estimate of drug-likeness (QED) is 0.762. The molecule has 1 aromatic carbocycles. The molecule has 22 heavy (non-hydrogen) atoms. The lowest BCUT2D eigenvalue weighted by Gasteiger charge is -2.21. The monoisotopic (exact) mass is 311 g/mol. The van der Waals surface area contributed by atoms with Gasteiger partial charge in [-0.15, -0.1) is 11.8 Å². The summed E-state index contributed by atoms with van der Waals surface area (Å²) in [6, 6.07) is 15.1. The number of aromatic nitrogens is 1. The Labute approximate surface area is 134 Å². The first kappa shape index (κ1) is 16.1. The average Bonchev–Trinajstić information content (AvgIpc) is 2.57. The summed E-state index contributed by atoms with van der Waals surface area (Å²) in [7, 11) is 0. The van der Waals surface area contributed by atoms with Crippen LogP contribution in [-0.4, -0.2) is 23.2 Å². The summed E-state index contributed by atoms with van der Waals surface area (Å²) in [6.45, 7) is 2.43. The highest BCUT2D eigenvalue weighted by atomic mass is 32.2. The Bertz CT molecular complexity index is 650. The van der Waals surface area contributed by atoms with Crippen molar-refractivity contribution in [3.8, 4) is 6.07 Å². The summed E-state index contributed by atoms with van der Waals surface area (Å²) < 4.78 is 0. The standard InChI is InChI=1S/C17H17N3OS/c1-2-22-16-10-9-14(13-19-16)17(21)20(12-6-11-18)15-7-4-3-5-8-15/h3-5,7-10,13H,2,6,12H2,1H3. The van der Waals surface area contributed by atoms with Gasteiger partial charge in [-0.2, -0.15) is 5.26 Å². The molecular formula is C17H17N3OS. The van der Waals surface area contributed by atoms with E-state index in [9.17, 15) is 4.79 Å². The molecule has 0 N–H and O–H groups in total. The van der Waals surface area contributed by atoms with E-state index >= 15 is 0 Å². The molecule has 1 aromatic heterocycles. The van der Waals surface area contributed by atoms with Crippen molar-refractivity contribution < 1.29 is 4.79 Å². The Morgan fingerprint density at radius 3 is 2.64 bits per heavy atom. The van der Waals surface area contributed by atoms with Gasteiger partial charge in [0.2, 0.25) is 0 Å². The van der Waals surface area contributed by atoms with Crippen molar-refractivity contribution >= 4 is 23.4 Å². The number of nitrogens with zero attached hydrogens (tertiary/aromatic N) is 3. The van der Waals surface area contributed by atoms with Gasteiger partial charge in [-0.1, -0.05) is 25.1 Å². The molecule has 1 heterocycles. The van der Waals surface area contributed by atoms with E-state index in [1.165, 1.54) is 0 Å². The second kappa shape index (κ2) is 8.20. The first-order valence-corrected chi connectivity index (χ1v) is 8.07. The first-order valence-electron chi connectivity index (χ1n) is 7.09. The van der Waals surface area contributed by atoms with E-state index < -0.39 is 0 Å². The predicted octanol–water partition coefficient (Wildman–Crippen LogP) is 3.75. The van der Waals surface area contributed by atoms with Gasteiger partial charge >= 0.3 is 0 Å². The minimum Gasteiger partial charge on any atom is -0.307 e. The molecule has 0 saturated carbocycles. The third-order valence-electron chi connectivity index (χ3n) is 3.04. The number of hydrogen-bond donors (Lipinski definition) is 0. The van der Waals surface area contributed by atoms with Gasteiger partial charge in [-0.25, -0.2) is 4.98 Å². The molecule has 0 saturated heterocycles. The van der Waals surface area contributed by atoms with Crippen LogP contribution < -0.4 is 4.90 Å². The van der Waals surface area contributed by atoms with Gasteiger partial charge in [0.05, 0.1) is 23.1 Å². The average molecular weight is 311 g/mol. The van der Waals surface area contributed by atoms with Crippen molar-refractivity contribution in [2.24, 2.45) is 0 Å². The number of para-hydroxylation sites is 1. The molecule has 0 radical (unpaired) electrons. The molecule has 0 spiro atoms. The summed E-state index contributed by atoms with van der Waals surface area (Å²) in [5.41, 5.74) is 1.32. The van der Waals surface area contributed by atoms with Crippen LogP contribution in [0.3, 0.4) is 0 Å². The number of nitriles is 1. The van der Waals surface area contributed by atoms with E-state index in [0.29, 0.717) is 12.1 Å². The van der Waals surface area contributed by atoms with Crippen LogP contribution in [0.25, 0.3) is 0 Å². The summed E-state index contributed by atoms with van der Waals surface area (Å²) in [5, 5.41) is 9.71. The van der Waals surface area contributed by atoms with Crippen LogP contribution in [0.5, 0.6) is 0 Å². The highest BCUT2D eigenvalue weighted by molar-refractivity contribution is 7.99. The van der Waals surface area contributed by atoms with Gasteiger partial charge in [0.1, 0.15) is 0 Å². The third kappa shape index (κ3) is 4.09. The molecule has 0 aliphatic heterocycles. The van der Waals surface area contributed by atoms with Crippen molar-refractivity contribution in [3.63, 3.8) is 0 Å². The Kier molecular flexibility index (Phi) is 5.99. The fraction of sp³-hybridized carbons (Fsp3) is 0.235. The molecule has 0 fully saturated rings. The molecular weight excluding hydrogens is 294 g/mol. The van der Waals surface area contributed by atoms with E-state index in [2.05, 4.69) is 18.0 Å². The van der Waals surface area contributed by atoms with Crippen LogP contribution in [0, 0.1) is 11.3 Å². The number of hydrogen-bond acceptors (Lipinski definition) is 4. The maximum atomic E-state index is 12.7. The minimum absolute atomic E-state index is 0.137. The van der Waals surface area contributed by atoms with Gasteiger partial charge in [0.25, 0.3) is 5.91 Å². The zero-order valence-electron chi connectivity index (χ0n) is 12.4. The molecule has 2 aromatic rings. The molecule has 4 nitrogen and oxygen atoms in total. The molecule has 112 valence electrons. The Morgan fingerprint density at radius 2 is 2.05 bits per heavy atom. The van der Waals surface area contributed by atoms with Gasteiger partial charge in [0, 0.05) is 18.4 Å². The summed E-state index contributed by atoms with van der Waals surface area (Å²) in [6.07, 6.45) is 1.89. The maximum absolute atomic E-state index is 12.7. The van der Waals surface area contributed by atoms with E-state index in [4.69, 9.17) is 5.26 Å². The van der Waals surface area contributed by atoms with Crippen LogP contribution in [0.4, 0.5) is 5.69 Å². The fourth-order valence-electron chi connectivity index (χ4n) is 2.01. The van der Waals surface area contributed by atoms with E-state index in [-0.39, 0.29) is 12.3 Å². The molecule has 1 amide bonds. The van der Waals surface area contributed by atoms with Crippen molar-refractivity contribution in [2.45, 2.75) is 18.4 Å². The van der Waals surface area contributed by atoms with Crippen LogP contribution in [0.15, 0.2) is 53.7 Å². The lowest BCUT2D eigenvalue weighted by atomic mass is 10.2. The zero-order valence-corrected chi connectivity index (χ0v) is 13.2. The molecule has 0 atom stereocenters. The largest absolute Gasteiger partial charge is 0.307 e. The number of pyridine rings is 1. The van der Waals surface area contributed by atoms with E-state index in [1.54, 1.807) is 28.9 Å². The van der Waals surface area contributed by atoms with Crippen LogP contribution in [-0.2, 0) is 0 Å². The molecule has 0 aliphatic rings. The number of benzene rings is 1. The minimum atomic E-state index is -0.137. The second-order valence-corrected chi connectivity index (χ2v) is 5.80. The fourth-order valence-corrected chi connectivity index (χ4v) is 2.60. The number of thioether (sulfide) groups is 1. The van der Waals surface area contributed by atoms with Crippen LogP contribution in [0.2, 0.25) is 0 Å². The normalized spacial score (nSPS) is 10.0. The maximum Gasteiger partial charge on any atom is 0.259 e. The Morgan fingerprint density at radius 1 is 1.27 bits per heavy atom. The molecule has 0 aliphatic carbocycles. The van der Waals surface area contributed by atoms with Gasteiger partial charge in [0.15, 0.2) is 0 Å². The van der Waals surface area contributed by atoms with E-state index in [1.807, 2.05) is 36.4 Å². The van der Waals surface area contributed by atoms with Crippen molar-refractivity contribution in [1.82, 2.24) is 4.98 Å². The highest BCUT2D eigenvalue weighted by Gasteiger charge is 2.17. The zero-order chi connectivity index (χ0) is 15.8. The summed E-state index contributed by atoms with van der Waals surface area (Å²) in [5.74, 6) is 0.806. The topological polar surface area (TPSA) is 57.0 Å². The van der Waals surface area contributed by atoms with Crippen molar-refractivity contribution in [1.29, 1.82) is 5.26 Å². The Balaban J connectivity index is 2.23. The van der Waals surface area contributed by atoms with Crippen molar-refractivity contribution in [2.75, 3.05) is 17.2 Å². The van der Waals surface area contributed by atoms with Gasteiger partial charge < -0.3 is 4.90 Å². The smallest absolute Gasteiger partial charge is 0.259 e. The number of carbonyl (C=O) groups excluding carboxylic acids is 1. The molecule has 5 heteroatoms. The lowest BCUT2D eigenvalue weighted by Crippen LogP contribution is -2.31. The van der Waals surface area contributed by atoms with Gasteiger partial charge in [-0.3, -0.25) is 4.79 Å². The number of carbonyl (C=O) groups is 1. The second-order valence-electron chi connectivity index (χ2n) is 4.52. The van der Waals surface area contributed by atoms with Crippen LogP contribution >= 0.6 is 11.8 Å². The molecule has 2 rings (SSSR count). The molecule has 0 bridgehead atoms. The third-order valence-corrected chi connectivity index (χ3v) is 3.86. The summed E-state index contributed by atoms with van der Waals surface area (Å²) in [4.78, 5) is 18.6.